The Hall–Kier alpha value is -0.650. The van der Waals surface area contributed by atoms with E-state index in [4.69, 9.17) is 11.6 Å². The zero-order chi connectivity index (χ0) is 13.8. The van der Waals surface area contributed by atoms with E-state index in [1.807, 2.05) is 0 Å². The van der Waals surface area contributed by atoms with E-state index in [2.05, 4.69) is 38.2 Å². The van der Waals surface area contributed by atoms with Gasteiger partial charge in [-0.05, 0) is 54.3 Å². The summed E-state index contributed by atoms with van der Waals surface area (Å²) in [6.45, 7) is 2.86. The molecule has 2 heterocycles. The van der Waals surface area contributed by atoms with Crippen LogP contribution in [0.2, 0.25) is 5.15 Å². The molecule has 0 aliphatic carbocycles. The van der Waals surface area contributed by atoms with Crippen LogP contribution in [0.4, 0.5) is 0 Å². The summed E-state index contributed by atoms with van der Waals surface area (Å²) in [5.41, 5.74) is 0.417. The normalized spacial score (nSPS) is 20.3. The monoisotopic (exact) mass is 345 g/mol. The molecule has 1 aliphatic rings. The molecule has 1 fully saturated rings. The van der Waals surface area contributed by atoms with Gasteiger partial charge in [-0.25, -0.2) is 4.98 Å². The van der Waals surface area contributed by atoms with Crippen molar-refractivity contribution in [1.82, 2.24) is 15.2 Å². The molecular weight excluding hydrogens is 330 g/mol. The Morgan fingerprint density at radius 2 is 2.47 bits per heavy atom. The number of hydrogen-bond acceptors (Lipinski definition) is 3. The van der Waals surface area contributed by atoms with E-state index in [0.717, 1.165) is 24.0 Å². The summed E-state index contributed by atoms with van der Waals surface area (Å²) in [4.78, 5) is 18.3. The smallest absolute Gasteiger partial charge is 0.254 e. The first-order chi connectivity index (χ1) is 9.06. The van der Waals surface area contributed by atoms with Crippen LogP contribution in [0.1, 0.15) is 23.2 Å². The Kier molecular flexibility index (Phi) is 5.19. The van der Waals surface area contributed by atoms with Gasteiger partial charge in [-0.1, -0.05) is 11.6 Å². The number of rotatable bonds is 3. The maximum atomic E-state index is 12.1. The van der Waals surface area contributed by atoms with Crippen molar-refractivity contribution in [3.05, 3.63) is 27.5 Å². The van der Waals surface area contributed by atoms with Crippen LogP contribution in [0.15, 0.2) is 16.7 Å². The maximum Gasteiger partial charge on any atom is 0.254 e. The second kappa shape index (κ2) is 6.68. The van der Waals surface area contributed by atoms with E-state index in [-0.39, 0.29) is 11.1 Å². The van der Waals surface area contributed by atoms with Crippen LogP contribution in [-0.2, 0) is 0 Å². The van der Waals surface area contributed by atoms with Gasteiger partial charge in [0.1, 0.15) is 5.15 Å². The van der Waals surface area contributed by atoms with Crippen molar-refractivity contribution in [1.29, 1.82) is 0 Å². The predicted molar refractivity (Wildman–Crippen MR) is 79.5 cm³/mol. The third-order valence-corrected chi connectivity index (χ3v) is 4.06. The predicted octanol–water partition coefficient (Wildman–Crippen LogP) is 2.57. The lowest BCUT2D eigenvalue weighted by Crippen LogP contribution is -2.39. The number of aromatic nitrogens is 1. The summed E-state index contributed by atoms with van der Waals surface area (Å²) < 4.78 is 0.749. The molecule has 1 atom stereocenters. The molecule has 1 amide bonds. The molecule has 1 N–H and O–H groups in total. The number of amides is 1. The summed E-state index contributed by atoms with van der Waals surface area (Å²) in [6, 6.07) is 1.69. The molecule has 1 aromatic heterocycles. The van der Waals surface area contributed by atoms with Crippen LogP contribution in [0.5, 0.6) is 0 Å². The van der Waals surface area contributed by atoms with Gasteiger partial charge in [0.25, 0.3) is 5.91 Å². The summed E-state index contributed by atoms with van der Waals surface area (Å²) >= 11 is 9.23. The van der Waals surface area contributed by atoms with Gasteiger partial charge in [0, 0.05) is 23.8 Å². The van der Waals surface area contributed by atoms with Crippen LogP contribution in [0, 0.1) is 5.92 Å². The lowest BCUT2D eigenvalue weighted by molar-refractivity contribution is 0.0936. The highest BCUT2D eigenvalue weighted by Gasteiger charge is 2.19. The molecule has 1 saturated heterocycles. The minimum Gasteiger partial charge on any atom is -0.352 e. The molecule has 1 unspecified atom stereocenters. The van der Waals surface area contributed by atoms with Crippen LogP contribution in [0.25, 0.3) is 0 Å². The van der Waals surface area contributed by atoms with Gasteiger partial charge < -0.3 is 10.2 Å². The largest absolute Gasteiger partial charge is 0.352 e. The number of piperidine rings is 1. The van der Waals surface area contributed by atoms with Crippen molar-refractivity contribution in [2.24, 2.45) is 5.92 Å². The minimum atomic E-state index is -0.160. The molecule has 1 aliphatic heterocycles. The number of carbonyl (C=O) groups is 1. The molecule has 2 rings (SSSR count). The zero-order valence-electron chi connectivity index (χ0n) is 10.8. The van der Waals surface area contributed by atoms with Crippen molar-refractivity contribution in [3.8, 4) is 0 Å². The number of nitrogens with zero attached hydrogens (tertiary/aromatic N) is 2. The Bertz CT molecular complexity index is 469. The van der Waals surface area contributed by atoms with Gasteiger partial charge in [0.2, 0.25) is 0 Å². The Labute approximate surface area is 126 Å². The Morgan fingerprint density at radius 1 is 1.68 bits per heavy atom. The number of carbonyl (C=O) groups excluding carboxylic acids is 1. The highest BCUT2D eigenvalue weighted by Crippen LogP contribution is 2.18. The average Bonchev–Trinajstić information content (AvgIpc) is 2.39. The molecule has 6 heteroatoms. The first kappa shape index (κ1) is 14.8. The summed E-state index contributed by atoms with van der Waals surface area (Å²) in [6.07, 6.45) is 3.93. The first-order valence-corrected chi connectivity index (χ1v) is 7.51. The van der Waals surface area contributed by atoms with Crippen molar-refractivity contribution >= 4 is 33.4 Å². The van der Waals surface area contributed by atoms with Gasteiger partial charge in [-0.3, -0.25) is 4.79 Å². The number of nitrogens with one attached hydrogen (secondary N) is 1. The molecule has 0 spiro atoms. The molecule has 4 nitrogen and oxygen atoms in total. The fourth-order valence-electron chi connectivity index (χ4n) is 2.35. The van der Waals surface area contributed by atoms with E-state index in [9.17, 15) is 4.79 Å². The van der Waals surface area contributed by atoms with Gasteiger partial charge in [0.05, 0.1) is 5.56 Å². The van der Waals surface area contributed by atoms with Crippen LogP contribution >= 0.6 is 27.5 Å². The molecule has 0 saturated carbocycles. The third-order valence-electron chi connectivity index (χ3n) is 3.32. The minimum absolute atomic E-state index is 0.160. The number of pyridine rings is 1. The molecular formula is C13H17BrClN3O. The van der Waals surface area contributed by atoms with Gasteiger partial charge in [-0.2, -0.15) is 0 Å². The maximum absolute atomic E-state index is 12.1. The molecule has 1 aromatic rings. The molecule has 0 aromatic carbocycles. The van der Waals surface area contributed by atoms with Crippen molar-refractivity contribution < 1.29 is 4.79 Å². The van der Waals surface area contributed by atoms with Crippen LogP contribution in [-0.4, -0.2) is 42.5 Å². The second-order valence-corrected chi connectivity index (χ2v) is 6.25. The second-order valence-electron chi connectivity index (χ2n) is 4.97. The van der Waals surface area contributed by atoms with E-state index < -0.39 is 0 Å². The topological polar surface area (TPSA) is 45.2 Å². The first-order valence-electron chi connectivity index (χ1n) is 6.34. The fourth-order valence-corrected chi connectivity index (χ4v) is 2.87. The Morgan fingerprint density at radius 3 is 3.21 bits per heavy atom. The lowest BCUT2D eigenvalue weighted by Gasteiger charge is -2.29. The van der Waals surface area contributed by atoms with Crippen LogP contribution in [0.3, 0.4) is 0 Å². The lowest BCUT2D eigenvalue weighted by atomic mass is 9.98. The van der Waals surface area contributed by atoms with E-state index in [1.54, 1.807) is 12.3 Å². The molecule has 19 heavy (non-hydrogen) atoms. The van der Waals surface area contributed by atoms with Gasteiger partial charge in [-0.15, -0.1) is 0 Å². The summed E-state index contributed by atoms with van der Waals surface area (Å²) in [5, 5.41) is 3.18. The highest BCUT2D eigenvalue weighted by atomic mass is 79.9. The van der Waals surface area contributed by atoms with Gasteiger partial charge >= 0.3 is 0 Å². The molecule has 0 radical (unpaired) electrons. The van der Waals surface area contributed by atoms with E-state index in [1.165, 1.54) is 6.42 Å². The summed E-state index contributed by atoms with van der Waals surface area (Å²) in [5.74, 6) is 0.355. The third kappa shape index (κ3) is 4.16. The van der Waals surface area contributed by atoms with E-state index in [0.29, 0.717) is 18.0 Å². The van der Waals surface area contributed by atoms with Gasteiger partial charge in [0.15, 0.2) is 0 Å². The van der Waals surface area contributed by atoms with Crippen molar-refractivity contribution in [2.75, 3.05) is 26.7 Å². The van der Waals surface area contributed by atoms with Crippen molar-refractivity contribution in [2.45, 2.75) is 12.8 Å². The standard InChI is InChI=1S/C13H17BrClN3O/c1-18-4-2-3-9(8-18)6-17-13(19)11-5-10(14)7-16-12(11)15/h5,7,9H,2-4,6,8H2,1H3,(H,17,19). The quantitative estimate of drug-likeness (QED) is 0.856. The highest BCUT2D eigenvalue weighted by molar-refractivity contribution is 9.10. The fraction of sp³-hybridized carbons (Fsp3) is 0.538. The van der Waals surface area contributed by atoms with Crippen LogP contribution < -0.4 is 5.32 Å². The number of likely N-dealkylation sites (tertiary alicyclic amines) is 1. The summed E-state index contributed by atoms with van der Waals surface area (Å²) in [7, 11) is 2.11. The van der Waals surface area contributed by atoms with E-state index >= 15 is 0 Å². The van der Waals surface area contributed by atoms with Crippen molar-refractivity contribution in [3.63, 3.8) is 0 Å². The number of hydrogen-bond donors (Lipinski definition) is 1. The zero-order valence-corrected chi connectivity index (χ0v) is 13.2. The molecule has 104 valence electrons. The Balaban J connectivity index is 1.92. The molecule has 0 bridgehead atoms. The SMILES string of the molecule is CN1CCCC(CNC(=O)c2cc(Br)cnc2Cl)C1. The number of halogens is 2. The average molecular weight is 347 g/mol.